The van der Waals surface area contributed by atoms with Crippen molar-refractivity contribution in [1.29, 1.82) is 0 Å². The van der Waals surface area contributed by atoms with Gasteiger partial charge >= 0.3 is 0 Å². The van der Waals surface area contributed by atoms with Crippen LogP contribution >= 0.6 is 11.6 Å². The number of imidazole rings is 1. The molecule has 0 radical (unpaired) electrons. The van der Waals surface area contributed by atoms with E-state index < -0.39 is 0 Å². The normalized spacial score (nSPS) is 17.0. The number of morpholine rings is 1. The smallest absolute Gasteiger partial charge is 0.139 e. The monoisotopic (exact) mass is 454 g/mol. The first kappa shape index (κ1) is 21.3. The quantitative estimate of drug-likeness (QED) is 0.616. The van der Waals surface area contributed by atoms with Crippen molar-refractivity contribution in [1.82, 2.24) is 14.7 Å². The molecule has 0 amide bonds. The minimum atomic E-state index is -0.124. The zero-order valence-corrected chi connectivity index (χ0v) is 18.9. The maximum Gasteiger partial charge on any atom is 0.139 e. The summed E-state index contributed by atoms with van der Waals surface area (Å²) >= 11 is 6.39. The maximum atomic E-state index is 9.93. The van der Waals surface area contributed by atoms with Crippen LogP contribution in [0.25, 0.3) is 22.5 Å². The van der Waals surface area contributed by atoms with Gasteiger partial charge in [-0.25, -0.2) is 4.98 Å². The van der Waals surface area contributed by atoms with Crippen molar-refractivity contribution < 1.29 is 14.6 Å². The summed E-state index contributed by atoms with van der Waals surface area (Å²) in [6.07, 6.45) is 7.45. The average molecular weight is 455 g/mol. The summed E-state index contributed by atoms with van der Waals surface area (Å²) in [6, 6.07) is 5.75. The van der Waals surface area contributed by atoms with Crippen molar-refractivity contribution in [2.24, 2.45) is 0 Å². The molecule has 1 aromatic carbocycles. The Morgan fingerprint density at radius 1 is 1.19 bits per heavy atom. The number of fused-ring (bicyclic) bond motifs is 1. The lowest BCUT2D eigenvalue weighted by Gasteiger charge is -2.31. The van der Waals surface area contributed by atoms with Gasteiger partial charge in [-0.3, -0.25) is 0 Å². The molecular formula is C24H27ClN4O3. The van der Waals surface area contributed by atoms with Crippen LogP contribution in [0.4, 0.5) is 5.69 Å². The second kappa shape index (κ2) is 9.11. The molecule has 2 aliphatic heterocycles. The van der Waals surface area contributed by atoms with Gasteiger partial charge in [-0.15, -0.1) is 0 Å². The van der Waals surface area contributed by atoms with E-state index in [0.29, 0.717) is 10.8 Å². The Hall–Kier alpha value is -2.58. The van der Waals surface area contributed by atoms with Crippen LogP contribution < -0.4 is 15.0 Å². The van der Waals surface area contributed by atoms with Crippen LogP contribution in [0.1, 0.15) is 17.5 Å². The van der Waals surface area contributed by atoms with Crippen molar-refractivity contribution >= 4 is 28.5 Å². The zero-order valence-electron chi connectivity index (χ0n) is 18.1. The molecule has 0 saturated carbocycles. The van der Waals surface area contributed by atoms with E-state index in [4.69, 9.17) is 26.1 Å². The minimum absolute atomic E-state index is 0.124. The third-order valence-electron chi connectivity index (χ3n) is 6.16. The molecule has 2 N–H and O–H groups in total. The van der Waals surface area contributed by atoms with Crippen molar-refractivity contribution in [3.05, 3.63) is 52.8 Å². The van der Waals surface area contributed by atoms with Crippen LogP contribution in [0.5, 0.6) is 5.75 Å². The highest BCUT2D eigenvalue weighted by molar-refractivity contribution is 6.32. The van der Waals surface area contributed by atoms with Gasteiger partial charge in [-0.1, -0.05) is 17.7 Å². The summed E-state index contributed by atoms with van der Waals surface area (Å²) in [5.41, 5.74) is 6.94. The number of aliphatic hydroxyl groups is 1. The summed E-state index contributed by atoms with van der Waals surface area (Å²) in [5.74, 6) is 0.540. The molecule has 1 fully saturated rings. The molecule has 32 heavy (non-hydrogen) atoms. The minimum Gasteiger partial charge on any atom is -0.495 e. The van der Waals surface area contributed by atoms with Crippen molar-refractivity contribution in [2.75, 3.05) is 51.4 Å². The van der Waals surface area contributed by atoms with E-state index >= 15 is 0 Å². The van der Waals surface area contributed by atoms with Gasteiger partial charge in [0.2, 0.25) is 0 Å². The fourth-order valence-corrected chi connectivity index (χ4v) is 4.70. The Kier molecular flexibility index (Phi) is 6.06. The fraction of sp³-hybridized carbons (Fsp3) is 0.375. The van der Waals surface area contributed by atoms with Gasteiger partial charge < -0.3 is 29.2 Å². The van der Waals surface area contributed by atoms with Gasteiger partial charge in [0.05, 0.1) is 37.6 Å². The summed E-state index contributed by atoms with van der Waals surface area (Å²) < 4.78 is 13.0. The third kappa shape index (κ3) is 3.97. The summed E-state index contributed by atoms with van der Waals surface area (Å²) in [7, 11) is 1.57. The number of aromatic nitrogens is 2. The van der Waals surface area contributed by atoms with E-state index in [0.717, 1.165) is 68.3 Å². The molecule has 4 heterocycles. The van der Waals surface area contributed by atoms with Crippen molar-refractivity contribution in [3.8, 4) is 17.0 Å². The number of hydrogen-bond acceptors (Lipinski definition) is 6. The average Bonchev–Trinajstić information content (AvgIpc) is 3.27. The summed E-state index contributed by atoms with van der Waals surface area (Å²) in [6.45, 7) is 4.93. The lowest BCUT2D eigenvalue weighted by atomic mass is 9.99. The van der Waals surface area contributed by atoms with Crippen LogP contribution in [-0.4, -0.2) is 61.0 Å². The molecular weight excluding hydrogens is 428 g/mol. The standard InChI is InChI=1S/C24H27ClN4O3/c1-31-23-10-17(15-30)18(11-20(23)25)21-14-29-13-19(16-2-4-26-5-3-16)22(12-24(29)27-21)28-6-8-32-9-7-28/h2,10-14,26,30H,3-9,15H2,1H3. The molecule has 1 saturated heterocycles. The summed E-state index contributed by atoms with van der Waals surface area (Å²) in [4.78, 5) is 7.28. The molecule has 5 rings (SSSR count). The molecule has 8 heteroatoms. The molecule has 0 atom stereocenters. The predicted molar refractivity (Wildman–Crippen MR) is 127 cm³/mol. The number of nitrogens with one attached hydrogen (secondary N) is 1. The van der Waals surface area contributed by atoms with E-state index in [2.05, 4.69) is 33.0 Å². The number of pyridine rings is 1. The largest absolute Gasteiger partial charge is 0.495 e. The number of benzene rings is 1. The third-order valence-corrected chi connectivity index (χ3v) is 6.45. The Labute approximate surface area is 192 Å². The maximum absolute atomic E-state index is 9.93. The van der Waals surface area contributed by atoms with Crippen molar-refractivity contribution in [3.63, 3.8) is 0 Å². The van der Waals surface area contributed by atoms with Crippen LogP contribution in [0, 0.1) is 0 Å². The van der Waals surface area contributed by atoms with E-state index in [1.54, 1.807) is 13.2 Å². The van der Waals surface area contributed by atoms with Crippen LogP contribution in [0.2, 0.25) is 5.02 Å². The molecule has 0 unspecified atom stereocenters. The topological polar surface area (TPSA) is 71.3 Å². The van der Waals surface area contributed by atoms with Crippen LogP contribution in [0.15, 0.2) is 36.7 Å². The molecule has 2 aliphatic rings. The second-order valence-corrected chi connectivity index (χ2v) is 8.46. The number of hydrogen-bond donors (Lipinski definition) is 2. The Bertz CT molecular complexity index is 1170. The first-order chi connectivity index (χ1) is 15.7. The zero-order chi connectivity index (χ0) is 22.1. The van der Waals surface area contributed by atoms with Crippen molar-refractivity contribution in [2.45, 2.75) is 13.0 Å². The van der Waals surface area contributed by atoms with E-state index in [1.165, 1.54) is 16.8 Å². The number of nitrogens with zero attached hydrogens (tertiary/aromatic N) is 3. The number of aliphatic hydroxyl groups excluding tert-OH is 1. The Morgan fingerprint density at radius 3 is 2.75 bits per heavy atom. The predicted octanol–water partition coefficient (Wildman–Crippen LogP) is 3.37. The fourth-order valence-electron chi connectivity index (χ4n) is 4.45. The summed E-state index contributed by atoms with van der Waals surface area (Å²) in [5, 5.41) is 13.8. The molecule has 0 spiro atoms. The van der Waals surface area contributed by atoms with Crippen LogP contribution in [-0.2, 0) is 11.3 Å². The van der Waals surface area contributed by atoms with E-state index in [1.807, 2.05) is 12.3 Å². The molecule has 2 aromatic heterocycles. The lowest BCUT2D eigenvalue weighted by molar-refractivity contribution is 0.122. The van der Waals surface area contributed by atoms with E-state index in [9.17, 15) is 5.11 Å². The first-order valence-electron chi connectivity index (χ1n) is 10.9. The molecule has 7 nitrogen and oxygen atoms in total. The van der Waals surface area contributed by atoms with Gasteiger partial charge in [-0.05, 0) is 36.2 Å². The number of rotatable bonds is 5. The van der Waals surface area contributed by atoms with Crippen LogP contribution in [0.3, 0.4) is 0 Å². The number of ether oxygens (including phenoxy) is 2. The number of anilines is 1. The molecule has 0 bridgehead atoms. The highest BCUT2D eigenvalue weighted by Gasteiger charge is 2.21. The van der Waals surface area contributed by atoms with Gasteiger partial charge in [0.15, 0.2) is 0 Å². The lowest BCUT2D eigenvalue weighted by Crippen LogP contribution is -2.37. The second-order valence-electron chi connectivity index (χ2n) is 8.05. The first-order valence-corrected chi connectivity index (χ1v) is 11.3. The Morgan fingerprint density at radius 2 is 2.03 bits per heavy atom. The van der Waals surface area contributed by atoms with Gasteiger partial charge in [-0.2, -0.15) is 0 Å². The van der Waals surface area contributed by atoms with Gasteiger partial charge in [0.1, 0.15) is 11.4 Å². The Balaban J connectivity index is 1.64. The number of methoxy groups -OCH3 is 1. The van der Waals surface area contributed by atoms with E-state index in [-0.39, 0.29) is 6.61 Å². The molecule has 0 aliphatic carbocycles. The highest BCUT2D eigenvalue weighted by Crippen LogP contribution is 2.36. The highest BCUT2D eigenvalue weighted by atomic mass is 35.5. The number of halogens is 1. The van der Waals surface area contributed by atoms with Gasteiger partial charge in [0.25, 0.3) is 0 Å². The van der Waals surface area contributed by atoms with Gasteiger partial charge in [0, 0.05) is 54.9 Å². The molecule has 3 aromatic rings. The SMILES string of the molecule is COc1cc(CO)c(-c2cn3cc(C4=CCNCC4)c(N4CCOCC4)cc3n2)cc1Cl. The molecule has 168 valence electrons.